The van der Waals surface area contributed by atoms with Crippen molar-refractivity contribution in [2.24, 2.45) is 0 Å². The number of aliphatic hydroxyl groups is 1. The minimum absolute atomic E-state index is 0.133. The first-order chi connectivity index (χ1) is 12.6. The number of aryl methyl sites for hydroxylation is 1. The zero-order valence-corrected chi connectivity index (χ0v) is 16.0. The van der Waals surface area contributed by atoms with Crippen LogP contribution in [0.2, 0.25) is 5.02 Å². The molecule has 6 nitrogen and oxygen atoms in total. The summed E-state index contributed by atoms with van der Waals surface area (Å²) in [5.41, 5.74) is 1.02. The number of piperidine rings is 1. The number of aromatic hydroxyl groups is 1. The first kappa shape index (κ1) is 17.7. The molecule has 2 aromatic heterocycles. The lowest BCUT2D eigenvalue weighted by molar-refractivity contribution is 0.0689. The molecule has 2 N–H and O–H groups in total. The van der Waals surface area contributed by atoms with Gasteiger partial charge in [0.25, 0.3) is 0 Å². The van der Waals surface area contributed by atoms with Crippen LogP contribution in [-0.2, 0) is 6.42 Å². The number of nitrogens with zero attached hydrogens (tertiary/aromatic N) is 4. The molecule has 0 bridgehead atoms. The highest BCUT2D eigenvalue weighted by Crippen LogP contribution is 2.41. The number of hydrogen-bond donors (Lipinski definition) is 2. The SMILES string of the molecule is CCc1nc2sc(C(c3cccc(Cl)c3)N3CCC(O)CC3)c(O)n2n1. The number of benzene rings is 1. The van der Waals surface area contributed by atoms with E-state index in [1.807, 2.05) is 31.2 Å². The molecule has 0 aliphatic carbocycles. The highest BCUT2D eigenvalue weighted by molar-refractivity contribution is 7.17. The minimum Gasteiger partial charge on any atom is -0.492 e. The summed E-state index contributed by atoms with van der Waals surface area (Å²) in [7, 11) is 0. The number of aliphatic hydroxyl groups excluding tert-OH is 1. The summed E-state index contributed by atoms with van der Waals surface area (Å²) in [6.07, 6.45) is 1.91. The predicted molar refractivity (Wildman–Crippen MR) is 102 cm³/mol. The third kappa shape index (κ3) is 3.20. The van der Waals surface area contributed by atoms with Crippen molar-refractivity contribution in [1.82, 2.24) is 19.5 Å². The van der Waals surface area contributed by atoms with E-state index in [0.29, 0.717) is 9.98 Å². The summed E-state index contributed by atoms with van der Waals surface area (Å²) in [6.45, 7) is 3.50. The predicted octanol–water partition coefficient (Wildman–Crippen LogP) is 3.26. The topological polar surface area (TPSA) is 73.9 Å². The maximum absolute atomic E-state index is 10.8. The van der Waals surface area contributed by atoms with Crippen LogP contribution >= 0.6 is 22.9 Å². The van der Waals surface area contributed by atoms with Gasteiger partial charge in [-0.25, -0.2) is 4.98 Å². The van der Waals surface area contributed by atoms with Gasteiger partial charge in [0, 0.05) is 24.5 Å². The van der Waals surface area contributed by atoms with E-state index in [4.69, 9.17) is 11.6 Å². The van der Waals surface area contributed by atoms with Gasteiger partial charge in [-0.05, 0) is 30.5 Å². The van der Waals surface area contributed by atoms with Gasteiger partial charge in [0.2, 0.25) is 10.8 Å². The van der Waals surface area contributed by atoms with Crippen LogP contribution in [-0.4, -0.2) is 48.9 Å². The van der Waals surface area contributed by atoms with Crippen molar-refractivity contribution in [3.05, 3.63) is 45.6 Å². The van der Waals surface area contributed by atoms with E-state index >= 15 is 0 Å². The van der Waals surface area contributed by atoms with E-state index < -0.39 is 0 Å². The zero-order chi connectivity index (χ0) is 18.3. The smallest absolute Gasteiger partial charge is 0.230 e. The zero-order valence-electron chi connectivity index (χ0n) is 14.5. The van der Waals surface area contributed by atoms with E-state index in [9.17, 15) is 10.2 Å². The van der Waals surface area contributed by atoms with E-state index in [-0.39, 0.29) is 18.0 Å². The molecule has 1 aliphatic rings. The van der Waals surface area contributed by atoms with E-state index in [1.54, 1.807) is 0 Å². The van der Waals surface area contributed by atoms with Crippen LogP contribution in [0, 0.1) is 0 Å². The summed E-state index contributed by atoms with van der Waals surface area (Å²) in [6, 6.07) is 7.59. The molecule has 0 amide bonds. The van der Waals surface area contributed by atoms with Gasteiger partial charge in [-0.15, -0.1) is 5.10 Å². The Balaban J connectivity index is 1.79. The van der Waals surface area contributed by atoms with Crippen molar-refractivity contribution >= 4 is 27.9 Å². The van der Waals surface area contributed by atoms with Crippen LogP contribution in [0.15, 0.2) is 24.3 Å². The summed E-state index contributed by atoms with van der Waals surface area (Å²) >= 11 is 7.68. The molecule has 1 aromatic carbocycles. The second-order valence-corrected chi connectivity index (χ2v) is 8.04. The van der Waals surface area contributed by atoms with Gasteiger partial charge in [0.15, 0.2) is 5.82 Å². The molecule has 1 saturated heterocycles. The number of rotatable bonds is 4. The molecule has 1 fully saturated rings. The third-order valence-electron chi connectivity index (χ3n) is 4.84. The molecule has 0 radical (unpaired) electrons. The Morgan fingerprint density at radius 1 is 1.35 bits per heavy atom. The van der Waals surface area contributed by atoms with Crippen molar-refractivity contribution in [3.63, 3.8) is 0 Å². The maximum atomic E-state index is 10.8. The summed E-state index contributed by atoms with van der Waals surface area (Å²) in [4.78, 5) is 8.27. The quantitative estimate of drug-likeness (QED) is 0.712. The molecular formula is C18H21ClN4O2S. The van der Waals surface area contributed by atoms with Crippen LogP contribution < -0.4 is 0 Å². The van der Waals surface area contributed by atoms with Gasteiger partial charge in [0.1, 0.15) is 0 Å². The Hall–Kier alpha value is -1.67. The molecule has 0 spiro atoms. The molecule has 0 saturated carbocycles. The number of thiazole rings is 1. The molecular weight excluding hydrogens is 372 g/mol. The summed E-state index contributed by atoms with van der Waals surface area (Å²) in [5, 5.41) is 25.8. The summed E-state index contributed by atoms with van der Waals surface area (Å²) in [5.74, 6) is 0.854. The largest absolute Gasteiger partial charge is 0.492 e. The molecule has 8 heteroatoms. The van der Waals surface area contributed by atoms with Crippen molar-refractivity contribution in [2.45, 2.75) is 38.3 Å². The molecule has 3 heterocycles. The Kier molecular flexibility index (Phi) is 4.88. The molecule has 3 aromatic rings. The van der Waals surface area contributed by atoms with Gasteiger partial charge >= 0.3 is 0 Å². The van der Waals surface area contributed by atoms with Crippen LogP contribution in [0.3, 0.4) is 0 Å². The Morgan fingerprint density at radius 3 is 2.77 bits per heavy atom. The Morgan fingerprint density at radius 2 is 2.12 bits per heavy atom. The number of fused-ring (bicyclic) bond motifs is 1. The van der Waals surface area contributed by atoms with Gasteiger partial charge in [-0.1, -0.05) is 42.0 Å². The number of hydrogen-bond acceptors (Lipinski definition) is 6. The fourth-order valence-corrected chi connectivity index (χ4v) is 4.80. The lowest BCUT2D eigenvalue weighted by atomic mass is 9.99. The monoisotopic (exact) mass is 392 g/mol. The fraction of sp³-hybridized carbons (Fsp3) is 0.444. The number of aromatic nitrogens is 3. The summed E-state index contributed by atoms with van der Waals surface area (Å²) < 4.78 is 1.52. The average Bonchev–Trinajstić information content (AvgIpc) is 3.17. The minimum atomic E-state index is -0.255. The molecule has 1 atom stereocenters. The first-order valence-electron chi connectivity index (χ1n) is 8.81. The maximum Gasteiger partial charge on any atom is 0.230 e. The second kappa shape index (κ2) is 7.15. The van der Waals surface area contributed by atoms with Gasteiger partial charge in [-0.3, -0.25) is 4.90 Å². The Labute approximate surface area is 160 Å². The van der Waals surface area contributed by atoms with E-state index in [1.165, 1.54) is 15.9 Å². The molecule has 26 heavy (non-hydrogen) atoms. The van der Waals surface area contributed by atoms with E-state index in [2.05, 4.69) is 15.0 Å². The number of halogens is 1. The molecule has 4 rings (SSSR count). The van der Waals surface area contributed by atoms with Crippen molar-refractivity contribution in [3.8, 4) is 5.88 Å². The Bertz CT molecular complexity index is 917. The van der Waals surface area contributed by atoms with Crippen molar-refractivity contribution in [2.75, 3.05) is 13.1 Å². The van der Waals surface area contributed by atoms with Crippen LogP contribution in [0.25, 0.3) is 4.96 Å². The first-order valence-corrected chi connectivity index (χ1v) is 10.0. The number of likely N-dealkylation sites (tertiary alicyclic amines) is 1. The van der Waals surface area contributed by atoms with Gasteiger partial charge < -0.3 is 10.2 Å². The van der Waals surface area contributed by atoms with Crippen LogP contribution in [0.5, 0.6) is 5.88 Å². The van der Waals surface area contributed by atoms with Crippen LogP contribution in [0.4, 0.5) is 0 Å². The van der Waals surface area contributed by atoms with Crippen molar-refractivity contribution < 1.29 is 10.2 Å². The second-order valence-electron chi connectivity index (χ2n) is 6.59. The van der Waals surface area contributed by atoms with Crippen LogP contribution in [0.1, 0.15) is 42.1 Å². The third-order valence-corrected chi connectivity index (χ3v) is 6.14. The fourth-order valence-electron chi connectivity index (χ4n) is 3.47. The average molecular weight is 393 g/mol. The van der Waals surface area contributed by atoms with Gasteiger partial charge in [0.05, 0.1) is 17.0 Å². The molecule has 138 valence electrons. The van der Waals surface area contributed by atoms with E-state index in [0.717, 1.165) is 48.6 Å². The molecule has 1 aliphatic heterocycles. The van der Waals surface area contributed by atoms with Crippen molar-refractivity contribution in [1.29, 1.82) is 0 Å². The highest BCUT2D eigenvalue weighted by Gasteiger charge is 2.31. The lowest BCUT2D eigenvalue weighted by Gasteiger charge is -2.36. The highest BCUT2D eigenvalue weighted by atomic mass is 35.5. The normalized spacial score (nSPS) is 17.8. The lowest BCUT2D eigenvalue weighted by Crippen LogP contribution is -2.38. The standard InChI is InChI=1S/C18H21ClN4O2S/c1-2-14-20-18-23(21-14)17(25)16(26-18)15(11-4-3-5-12(19)10-11)22-8-6-13(24)7-9-22/h3-5,10,13,15,24-25H,2,6-9H2,1H3. The van der Waals surface area contributed by atoms with Gasteiger partial charge in [-0.2, -0.15) is 4.52 Å². The molecule has 1 unspecified atom stereocenters.